The largest absolute Gasteiger partial charge is 0.464 e. The standard InChI is InChI=1S/C7H8N2O2S/c1-5-2-3-12-6(5)4-8-9-7(10)11/h2-4,9H,1H3,(H,10,11). The van der Waals surface area contributed by atoms with Crippen LogP contribution in [0.1, 0.15) is 10.4 Å². The number of hydrogen-bond acceptors (Lipinski definition) is 3. The number of hydrazone groups is 1. The number of rotatable bonds is 2. The first-order valence-electron chi connectivity index (χ1n) is 3.26. The Kier molecular flexibility index (Phi) is 2.82. The Labute approximate surface area is 73.5 Å². The van der Waals surface area contributed by atoms with E-state index in [0.29, 0.717) is 0 Å². The molecule has 0 aliphatic carbocycles. The first-order chi connectivity index (χ1) is 5.70. The maximum atomic E-state index is 9.99. The van der Waals surface area contributed by atoms with E-state index in [1.807, 2.05) is 23.8 Å². The summed E-state index contributed by atoms with van der Waals surface area (Å²) in [4.78, 5) is 11.0. The zero-order chi connectivity index (χ0) is 8.97. The van der Waals surface area contributed by atoms with Crippen molar-refractivity contribution in [3.05, 3.63) is 21.9 Å². The van der Waals surface area contributed by atoms with Crippen molar-refractivity contribution in [2.24, 2.45) is 5.10 Å². The molecule has 1 amide bonds. The maximum absolute atomic E-state index is 9.99. The number of hydrogen-bond donors (Lipinski definition) is 2. The van der Waals surface area contributed by atoms with E-state index >= 15 is 0 Å². The van der Waals surface area contributed by atoms with E-state index in [2.05, 4.69) is 5.10 Å². The van der Waals surface area contributed by atoms with Crippen LogP contribution in [-0.4, -0.2) is 17.4 Å². The molecule has 0 fully saturated rings. The minimum atomic E-state index is -1.15. The van der Waals surface area contributed by atoms with Gasteiger partial charge in [-0.25, -0.2) is 10.2 Å². The molecule has 0 aliphatic rings. The van der Waals surface area contributed by atoms with Crippen molar-refractivity contribution in [3.8, 4) is 0 Å². The monoisotopic (exact) mass is 184 g/mol. The van der Waals surface area contributed by atoms with Crippen LogP contribution in [0.5, 0.6) is 0 Å². The van der Waals surface area contributed by atoms with Crippen molar-refractivity contribution in [2.45, 2.75) is 6.92 Å². The highest BCUT2D eigenvalue weighted by Crippen LogP contribution is 2.11. The van der Waals surface area contributed by atoms with Crippen molar-refractivity contribution >= 4 is 23.6 Å². The summed E-state index contributed by atoms with van der Waals surface area (Å²) in [5, 5.41) is 13.6. The Morgan fingerprint density at radius 3 is 3.08 bits per heavy atom. The third-order valence-electron chi connectivity index (χ3n) is 1.24. The van der Waals surface area contributed by atoms with Crippen LogP contribution in [0.2, 0.25) is 0 Å². The van der Waals surface area contributed by atoms with Crippen LogP contribution in [-0.2, 0) is 0 Å². The zero-order valence-electron chi connectivity index (χ0n) is 6.44. The third-order valence-corrected chi connectivity index (χ3v) is 2.20. The van der Waals surface area contributed by atoms with Gasteiger partial charge in [0.15, 0.2) is 0 Å². The first kappa shape index (κ1) is 8.73. The van der Waals surface area contributed by atoms with Crippen molar-refractivity contribution < 1.29 is 9.90 Å². The van der Waals surface area contributed by atoms with Gasteiger partial charge in [0.05, 0.1) is 6.21 Å². The molecule has 0 bridgehead atoms. The Morgan fingerprint density at radius 2 is 2.58 bits per heavy atom. The summed E-state index contributed by atoms with van der Waals surface area (Å²) in [6, 6.07) is 1.95. The quantitative estimate of drug-likeness (QED) is 0.542. The number of nitrogens with one attached hydrogen (secondary N) is 1. The minimum absolute atomic E-state index is 0.962. The van der Waals surface area contributed by atoms with Crippen LogP contribution in [0.15, 0.2) is 16.5 Å². The SMILES string of the molecule is Cc1ccsc1C=NNC(=O)O. The molecule has 0 atom stereocenters. The van der Waals surface area contributed by atoms with Crippen molar-refractivity contribution in [1.82, 2.24) is 5.43 Å². The predicted octanol–water partition coefficient (Wildman–Crippen LogP) is 1.66. The van der Waals surface area contributed by atoms with E-state index in [-0.39, 0.29) is 0 Å². The fourth-order valence-corrected chi connectivity index (χ4v) is 1.45. The number of carboxylic acid groups (broad SMARTS) is 1. The van der Waals surface area contributed by atoms with Gasteiger partial charge >= 0.3 is 6.09 Å². The van der Waals surface area contributed by atoms with Gasteiger partial charge in [0.2, 0.25) is 0 Å². The lowest BCUT2D eigenvalue weighted by molar-refractivity contribution is 0.195. The lowest BCUT2D eigenvalue weighted by Gasteiger charge is -1.89. The molecule has 0 saturated heterocycles. The second-order valence-corrected chi connectivity index (χ2v) is 3.09. The first-order valence-corrected chi connectivity index (χ1v) is 4.14. The molecule has 1 heterocycles. The van der Waals surface area contributed by atoms with Crippen LogP contribution in [0, 0.1) is 6.92 Å². The summed E-state index contributed by atoms with van der Waals surface area (Å²) in [6.45, 7) is 1.94. The van der Waals surface area contributed by atoms with Gasteiger partial charge < -0.3 is 5.11 Å². The van der Waals surface area contributed by atoms with Crippen LogP contribution < -0.4 is 5.43 Å². The highest BCUT2D eigenvalue weighted by Gasteiger charge is 1.94. The van der Waals surface area contributed by atoms with E-state index < -0.39 is 6.09 Å². The second kappa shape index (κ2) is 3.87. The summed E-state index contributed by atoms with van der Waals surface area (Å²) in [5.41, 5.74) is 3.00. The van der Waals surface area contributed by atoms with Crippen molar-refractivity contribution in [1.29, 1.82) is 0 Å². The van der Waals surface area contributed by atoms with E-state index in [9.17, 15) is 4.79 Å². The Morgan fingerprint density at radius 1 is 1.83 bits per heavy atom. The fourth-order valence-electron chi connectivity index (χ4n) is 0.663. The van der Waals surface area contributed by atoms with Gasteiger partial charge in [0.25, 0.3) is 0 Å². The van der Waals surface area contributed by atoms with Gasteiger partial charge in [-0.3, -0.25) is 0 Å². The molecular weight excluding hydrogens is 176 g/mol. The smallest absolute Gasteiger partial charge is 0.425 e. The highest BCUT2D eigenvalue weighted by molar-refractivity contribution is 7.11. The van der Waals surface area contributed by atoms with Crippen molar-refractivity contribution in [2.75, 3.05) is 0 Å². The van der Waals surface area contributed by atoms with E-state index in [4.69, 9.17) is 5.11 Å². The number of thiophene rings is 1. The average Bonchev–Trinajstić information content (AvgIpc) is 2.36. The maximum Gasteiger partial charge on any atom is 0.425 e. The second-order valence-electron chi connectivity index (χ2n) is 2.14. The minimum Gasteiger partial charge on any atom is -0.464 e. The van der Waals surface area contributed by atoms with Crippen LogP contribution in [0.4, 0.5) is 4.79 Å². The van der Waals surface area contributed by atoms with E-state index in [0.717, 1.165) is 10.4 Å². The summed E-state index contributed by atoms with van der Waals surface area (Å²) < 4.78 is 0. The van der Waals surface area contributed by atoms with Crippen molar-refractivity contribution in [3.63, 3.8) is 0 Å². The number of nitrogens with zero attached hydrogens (tertiary/aromatic N) is 1. The molecule has 0 saturated carbocycles. The van der Waals surface area contributed by atoms with Gasteiger partial charge in [0.1, 0.15) is 0 Å². The molecular formula is C7H8N2O2S. The third kappa shape index (κ3) is 2.35. The Balaban J connectivity index is 2.57. The van der Waals surface area contributed by atoms with Gasteiger partial charge in [-0.05, 0) is 23.9 Å². The lowest BCUT2D eigenvalue weighted by Crippen LogP contribution is -2.13. The molecule has 2 N–H and O–H groups in total. The van der Waals surface area contributed by atoms with Gasteiger partial charge in [0, 0.05) is 4.88 Å². The number of aryl methyl sites for hydroxylation is 1. The molecule has 4 nitrogen and oxygen atoms in total. The molecule has 12 heavy (non-hydrogen) atoms. The number of amides is 1. The Hall–Kier alpha value is -1.36. The average molecular weight is 184 g/mol. The lowest BCUT2D eigenvalue weighted by atomic mass is 10.3. The molecule has 1 rings (SSSR count). The molecule has 0 unspecified atom stereocenters. The molecule has 0 radical (unpaired) electrons. The summed E-state index contributed by atoms with van der Waals surface area (Å²) >= 11 is 1.52. The summed E-state index contributed by atoms with van der Waals surface area (Å²) in [7, 11) is 0. The van der Waals surface area contributed by atoms with Gasteiger partial charge in [-0.2, -0.15) is 5.10 Å². The summed E-state index contributed by atoms with van der Waals surface area (Å²) in [6.07, 6.45) is 0.342. The number of carbonyl (C=O) groups is 1. The van der Waals surface area contributed by atoms with Gasteiger partial charge in [-0.15, -0.1) is 11.3 Å². The molecule has 64 valence electrons. The topological polar surface area (TPSA) is 61.7 Å². The Bertz CT molecular complexity index is 306. The molecule has 1 aromatic rings. The van der Waals surface area contributed by atoms with E-state index in [1.54, 1.807) is 0 Å². The van der Waals surface area contributed by atoms with Crippen LogP contribution >= 0.6 is 11.3 Å². The predicted molar refractivity (Wildman–Crippen MR) is 47.8 cm³/mol. The fraction of sp³-hybridized carbons (Fsp3) is 0.143. The molecule has 0 spiro atoms. The molecule has 0 aromatic carbocycles. The molecule has 0 aliphatic heterocycles. The molecule has 1 aromatic heterocycles. The van der Waals surface area contributed by atoms with E-state index in [1.165, 1.54) is 17.6 Å². The van der Waals surface area contributed by atoms with Crippen LogP contribution in [0.25, 0.3) is 0 Å². The zero-order valence-corrected chi connectivity index (χ0v) is 7.26. The normalized spacial score (nSPS) is 10.4. The summed E-state index contributed by atoms with van der Waals surface area (Å²) in [5.74, 6) is 0. The van der Waals surface area contributed by atoms with Crippen LogP contribution in [0.3, 0.4) is 0 Å². The molecule has 5 heteroatoms. The van der Waals surface area contributed by atoms with Gasteiger partial charge in [-0.1, -0.05) is 0 Å². The highest BCUT2D eigenvalue weighted by atomic mass is 32.1.